The Labute approximate surface area is 82.1 Å². The van der Waals surface area contributed by atoms with Crippen LogP contribution < -0.4 is 10.1 Å². The zero-order valence-corrected chi connectivity index (χ0v) is 8.56. The van der Waals surface area contributed by atoms with Crippen LogP contribution in [0.2, 0.25) is 0 Å². The van der Waals surface area contributed by atoms with E-state index in [4.69, 9.17) is 4.74 Å². The lowest BCUT2D eigenvalue weighted by Crippen LogP contribution is -2.12. The van der Waals surface area contributed by atoms with Crippen LogP contribution in [0.5, 0.6) is 5.19 Å². The Morgan fingerprint density at radius 2 is 2.69 bits per heavy atom. The van der Waals surface area contributed by atoms with Gasteiger partial charge in [0.15, 0.2) is 0 Å². The summed E-state index contributed by atoms with van der Waals surface area (Å²) >= 11 is 1.59. The maximum Gasteiger partial charge on any atom is 0.273 e. The average Bonchev–Trinajstić information content (AvgIpc) is 2.70. The maximum atomic E-state index is 5.33. The number of hydrogen-bond donors (Lipinski definition) is 1. The quantitative estimate of drug-likeness (QED) is 0.806. The Morgan fingerprint density at radius 3 is 3.38 bits per heavy atom. The third-order valence-corrected chi connectivity index (χ3v) is 2.96. The molecule has 1 atom stereocenters. The first-order valence-electron chi connectivity index (χ1n) is 4.71. The lowest BCUT2D eigenvalue weighted by Gasteiger charge is -2.04. The molecule has 4 heteroatoms. The zero-order chi connectivity index (χ0) is 9.10. The van der Waals surface area contributed by atoms with Gasteiger partial charge in [-0.05, 0) is 26.3 Å². The topological polar surface area (TPSA) is 34.1 Å². The molecule has 1 fully saturated rings. The summed E-state index contributed by atoms with van der Waals surface area (Å²) in [7, 11) is 0. The van der Waals surface area contributed by atoms with E-state index in [2.05, 4.69) is 15.7 Å². The van der Waals surface area contributed by atoms with Gasteiger partial charge in [-0.15, -0.1) is 0 Å². The molecule has 0 bridgehead atoms. The molecule has 0 saturated carbocycles. The third-order valence-electron chi connectivity index (χ3n) is 2.19. The van der Waals surface area contributed by atoms with Gasteiger partial charge in [-0.25, -0.2) is 4.98 Å². The molecule has 0 aromatic carbocycles. The van der Waals surface area contributed by atoms with Crippen molar-refractivity contribution >= 4 is 11.3 Å². The van der Waals surface area contributed by atoms with E-state index in [0.717, 1.165) is 17.4 Å². The molecule has 72 valence electrons. The molecule has 1 saturated heterocycles. The van der Waals surface area contributed by atoms with Crippen LogP contribution in [-0.4, -0.2) is 18.1 Å². The van der Waals surface area contributed by atoms with Crippen LogP contribution in [0.4, 0.5) is 0 Å². The van der Waals surface area contributed by atoms with Gasteiger partial charge in [0.25, 0.3) is 5.19 Å². The standard InChI is InChI=1S/C9H14N2OS/c1-2-12-9-11-8(6-13-9)7-4-3-5-10-7/h6-7,10H,2-5H2,1H3/t7-/m1/s1. The van der Waals surface area contributed by atoms with Crippen molar-refractivity contribution in [2.24, 2.45) is 0 Å². The van der Waals surface area contributed by atoms with Gasteiger partial charge in [-0.3, -0.25) is 0 Å². The number of nitrogens with one attached hydrogen (secondary N) is 1. The second-order valence-corrected chi connectivity index (χ2v) is 3.94. The number of aromatic nitrogens is 1. The molecule has 13 heavy (non-hydrogen) atoms. The zero-order valence-electron chi connectivity index (χ0n) is 7.75. The molecular weight excluding hydrogens is 184 g/mol. The van der Waals surface area contributed by atoms with Crippen molar-refractivity contribution in [1.29, 1.82) is 0 Å². The van der Waals surface area contributed by atoms with Crippen LogP contribution in [0.1, 0.15) is 31.5 Å². The van der Waals surface area contributed by atoms with E-state index in [1.165, 1.54) is 12.8 Å². The summed E-state index contributed by atoms with van der Waals surface area (Å²) in [5, 5.41) is 6.31. The minimum atomic E-state index is 0.463. The molecule has 2 rings (SSSR count). The van der Waals surface area contributed by atoms with Crippen molar-refractivity contribution in [2.75, 3.05) is 13.2 Å². The van der Waals surface area contributed by atoms with Crippen LogP contribution in [0.3, 0.4) is 0 Å². The predicted molar refractivity (Wildman–Crippen MR) is 53.3 cm³/mol. The van der Waals surface area contributed by atoms with E-state index < -0.39 is 0 Å². The second kappa shape index (κ2) is 4.07. The number of nitrogens with zero attached hydrogens (tertiary/aromatic N) is 1. The van der Waals surface area contributed by atoms with Crippen molar-refractivity contribution in [3.63, 3.8) is 0 Å². The molecule has 0 unspecified atom stereocenters. The van der Waals surface area contributed by atoms with Gasteiger partial charge in [0.1, 0.15) is 0 Å². The Balaban J connectivity index is 2.03. The molecule has 3 nitrogen and oxygen atoms in total. The van der Waals surface area contributed by atoms with Gasteiger partial charge in [-0.1, -0.05) is 11.3 Å². The average molecular weight is 198 g/mol. The van der Waals surface area contributed by atoms with Crippen molar-refractivity contribution in [3.05, 3.63) is 11.1 Å². The fourth-order valence-corrected chi connectivity index (χ4v) is 2.34. The highest BCUT2D eigenvalue weighted by Gasteiger charge is 2.18. The van der Waals surface area contributed by atoms with E-state index in [1.54, 1.807) is 11.3 Å². The SMILES string of the molecule is CCOc1nc([C@H]2CCCN2)cs1. The van der Waals surface area contributed by atoms with Gasteiger partial charge in [0, 0.05) is 5.38 Å². The number of ether oxygens (including phenoxy) is 1. The second-order valence-electron chi connectivity index (χ2n) is 3.12. The van der Waals surface area contributed by atoms with Crippen molar-refractivity contribution < 1.29 is 4.74 Å². The number of thiazole rings is 1. The molecule has 0 spiro atoms. The minimum Gasteiger partial charge on any atom is -0.470 e. The maximum absolute atomic E-state index is 5.33. The highest BCUT2D eigenvalue weighted by Crippen LogP contribution is 2.27. The minimum absolute atomic E-state index is 0.463. The summed E-state index contributed by atoms with van der Waals surface area (Å²) in [6.45, 7) is 3.80. The summed E-state index contributed by atoms with van der Waals surface area (Å²) in [6, 6.07) is 0.463. The van der Waals surface area contributed by atoms with E-state index in [-0.39, 0.29) is 0 Å². The largest absolute Gasteiger partial charge is 0.470 e. The lowest BCUT2D eigenvalue weighted by atomic mass is 10.2. The van der Waals surface area contributed by atoms with Crippen LogP contribution in [-0.2, 0) is 0 Å². The van der Waals surface area contributed by atoms with E-state index in [0.29, 0.717) is 12.6 Å². The van der Waals surface area contributed by atoms with Crippen LogP contribution >= 0.6 is 11.3 Å². The van der Waals surface area contributed by atoms with Crippen molar-refractivity contribution in [1.82, 2.24) is 10.3 Å². The molecule has 0 radical (unpaired) electrons. The fraction of sp³-hybridized carbons (Fsp3) is 0.667. The van der Waals surface area contributed by atoms with Gasteiger partial charge in [0.2, 0.25) is 0 Å². The molecule has 2 heterocycles. The summed E-state index contributed by atoms with van der Waals surface area (Å²) in [4.78, 5) is 4.42. The highest BCUT2D eigenvalue weighted by molar-refractivity contribution is 7.11. The smallest absolute Gasteiger partial charge is 0.273 e. The van der Waals surface area contributed by atoms with Crippen LogP contribution in [0, 0.1) is 0 Å². The lowest BCUT2D eigenvalue weighted by molar-refractivity contribution is 0.336. The van der Waals surface area contributed by atoms with Gasteiger partial charge < -0.3 is 10.1 Å². The summed E-state index contributed by atoms with van der Waals surface area (Å²) in [5.74, 6) is 0. The van der Waals surface area contributed by atoms with Gasteiger partial charge >= 0.3 is 0 Å². The first-order chi connectivity index (χ1) is 6.40. The molecule has 1 aromatic heterocycles. The molecule has 1 aromatic rings. The summed E-state index contributed by atoms with van der Waals surface area (Å²) in [6.07, 6.45) is 2.46. The summed E-state index contributed by atoms with van der Waals surface area (Å²) < 4.78 is 5.33. The molecule has 1 N–H and O–H groups in total. The predicted octanol–water partition coefficient (Wildman–Crippen LogP) is 1.97. The Morgan fingerprint density at radius 1 is 1.77 bits per heavy atom. The Bertz CT molecular complexity index is 268. The third kappa shape index (κ3) is 2.00. The molecule has 0 aliphatic carbocycles. The van der Waals surface area contributed by atoms with Crippen molar-refractivity contribution in [3.8, 4) is 5.19 Å². The van der Waals surface area contributed by atoms with E-state index in [1.807, 2.05) is 6.92 Å². The Hall–Kier alpha value is -0.610. The fourth-order valence-electron chi connectivity index (χ4n) is 1.56. The molecule has 1 aliphatic heterocycles. The molecular formula is C9H14N2OS. The van der Waals surface area contributed by atoms with Gasteiger partial charge in [0.05, 0.1) is 18.3 Å². The molecule has 1 aliphatic rings. The van der Waals surface area contributed by atoms with E-state index in [9.17, 15) is 0 Å². The first-order valence-corrected chi connectivity index (χ1v) is 5.59. The first kappa shape index (κ1) is 8.97. The monoisotopic (exact) mass is 198 g/mol. The normalized spacial score (nSPS) is 22.1. The Kier molecular flexibility index (Phi) is 2.80. The number of rotatable bonds is 3. The molecule has 0 amide bonds. The van der Waals surface area contributed by atoms with Gasteiger partial charge in [-0.2, -0.15) is 0 Å². The van der Waals surface area contributed by atoms with Crippen molar-refractivity contribution in [2.45, 2.75) is 25.8 Å². The van der Waals surface area contributed by atoms with Crippen LogP contribution in [0.25, 0.3) is 0 Å². The van der Waals surface area contributed by atoms with E-state index >= 15 is 0 Å². The van der Waals surface area contributed by atoms with Crippen LogP contribution in [0.15, 0.2) is 5.38 Å². The highest BCUT2D eigenvalue weighted by atomic mass is 32.1. The summed E-state index contributed by atoms with van der Waals surface area (Å²) in [5.41, 5.74) is 1.14. The number of hydrogen-bond acceptors (Lipinski definition) is 4.